The summed E-state index contributed by atoms with van der Waals surface area (Å²) in [6, 6.07) is 26.5. The van der Waals surface area contributed by atoms with Crippen molar-refractivity contribution in [2.75, 3.05) is 0 Å². The molecule has 0 saturated heterocycles. The molecule has 4 rings (SSSR count). The monoisotopic (exact) mass is 540 g/mol. The van der Waals surface area contributed by atoms with Gasteiger partial charge in [-0.25, -0.2) is 0 Å². The molecule has 0 radical (unpaired) electrons. The summed E-state index contributed by atoms with van der Waals surface area (Å²) >= 11 is 15.0. The zero-order valence-electron chi connectivity index (χ0n) is 23.8. The topological polar surface area (TPSA) is 0 Å². The maximum atomic E-state index is 7.50. The molecule has 0 spiro atoms. The first-order chi connectivity index (χ1) is 18.0. The number of rotatable bonds is 6. The molecule has 0 aliphatic carbocycles. The van der Waals surface area contributed by atoms with Crippen LogP contribution in [0.2, 0.25) is 0 Å². The molecule has 2 heteroatoms. The normalized spacial score (nSPS) is 12.3. The van der Waals surface area contributed by atoms with Crippen LogP contribution in [0.1, 0.15) is 78.6 Å². The number of halogens is 2. The standard InChI is InChI=1S/C36H38Cl2/c1-21-9-13-29(25(5)17-21)33(30-14-10-22(2)18-26(30)6)35(37)36(38)34(31-15-11-23(3)19-27(31)7)32-16-12-24(4)20-28(32)8/h9-20,33-34H,1-8H3/b36-35+. The molecule has 4 aromatic carbocycles. The van der Waals surface area contributed by atoms with Crippen LogP contribution in [0, 0.1) is 55.4 Å². The van der Waals surface area contributed by atoms with Crippen LogP contribution >= 0.6 is 23.2 Å². The van der Waals surface area contributed by atoms with Crippen molar-refractivity contribution in [1.82, 2.24) is 0 Å². The first-order valence-corrected chi connectivity index (χ1v) is 14.1. The lowest BCUT2D eigenvalue weighted by Gasteiger charge is -2.28. The molecule has 4 aromatic rings. The third-order valence-corrected chi connectivity index (χ3v) is 8.62. The average molecular weight is 542 g/mol. The Hall–Kier alpha value is -2.80. The molecule has 0 heterocycles. The van der Waals surface area contributed by atoms with Crippen LogP contribution in [0.3, 0.4) is 0 Å². The summed E-state index contributed by atoms with van der Waals surface area (Å²) in [5.41, 5.74) is 14.5. The Kier molecular flexibility index (Phi) is 8.55. The van der Waals surface area contributed by atoms with Gasteiger partial charge in [0.05, 0.1) is 0 Å². The predicted octanol–water partition coefficient (Wildman–Crippen LogP) is 10.8. The molecule has 0 bridgehead atoms. The molecule has 0 nitrogen and oxygen atoms in total. The molecule has 0 aliphatic heterocycles. The highest BCUT2D eigenvalue weighted by atomic mass is 35.5. The van der Waals surface area contributed by atoms with Crippen molar-refractivity contribution in [3.8, 4) is 0 Å². The Labute approximate surface area is 239 Å². The van der Waals surface area contributed by atoms with E-state index >= 15 is 0 Å². The zero-order chi connectivity index (χ0) is 27.7. The second-order valence-electron chi connectivity index (χ2n) is 11.0. The van der Waals surface area contributed by atoms with Crippen molar-refractivity contribution in [3.63, 3.8) is 0 Å². The van der Waals surface area contributed by atoms with Gasteiger partial charge in [-0.1, -0.05) is 118 Å². The van der Waals surface area contributed by atoms with Crippen molar-refractivity contribution < 1.29 is 0 Å². The van der Waals surface area contributed by atoms with Crippen LogP contribution in [0.4, 0.5) is 0 Å². The van der Waals surface area contributed by atoms with Gasteiger partial charge in [0.1, 0.15) is 0 Å². The fourth-order valence-corrected chi connectivity index (χ4v) is 6.44. The number of hydrogen-bond acceptors (Lipinski definition) is 0. The lowest BCUT2D eigenvalue weighted by atomic mass is 9.80. The Morgan fingerprint density at radius 3 is 0.789 bits per heavy atom. The summed E-state index contributed by atoms with van der Waals surface area (Å²) in [5.74, 6) is -0.325. The predicted molar refractivity (Wildman–Crippen MR) is 166 cm³/mol. The largest absolute Gasteiger partial charge is 0.0868 e. The van der Waals surface area contributed by atoms with E-state index in [9.17, 15) is 0 Å². The van der Waals surface area contributed by atoms with Gasteiger partial charge in [-0.05, 0) is 99.9 Å². The number of hydrogen-bond donors (Lipinski definition) is 0. The van der Waals surface area contributed by atoms with Crippen LogP contribution in [0.5, 0.6) is 0 Å². The molecule has 0 aromatic heterocycles. The molecule has 0 N–H and O–H groups in total. The Balaban J connectivity index is 2.03. The second kappa shape index (κ2) is 11.5. The van der Waals surface area contributed by atoms with Gasteiger partial charge in [0, 0.05) is 21.9 Å². The molecule has 0 aliphatic rings. The third-order valence-electron chi connectivity index (χ3n) is 7.68. The molecular formula is C36H38Cl2. The van der Waals surface area contributed by atoms with Gasteiger partial charge in [-0.15, -0.1) is 0 Å². The summed E-state index contributed by atoms with van der Waals surface area (Å²) in [5, 5.41) is 1.35. The lowest BCUT2D eigenvalue weighted by molar-refractivity contribution is 0.912. The molecule has 196 valence electrons. The average Bonchev–Trinajstić information content (AvgIpc) is 2.84. The van der Waals surface area contributed by atoms with E-state index in [0.717, 1.165) is 0 Å². The van der Waals surface area contributed by atoms with Crippen molar-refractivity contribution in [2.24, 2.45) is 0 Å². The van der Waals surface area contributed by atoms with E-state index in [-0.39, 0.29) is 11.8 Å². The van der Waals surface area contributed by atoms with Gasteiger partial charge in [0.25, 0.3) is 0 Å². The first-order valence-electron chi connectivity index (χ1n) is 13.3. The van der Waals surface area contributed by atoms with Crippen molar-refractivity contribution in [1.29, 1.82) is 0 Å². The van der Waals surface area contributed by atoms with E-state index < -0.39 is 0 Å². The molecular weight excluding hydrogens is 503 g/mol. The quantitative estimate of drug-likeness (QED) is 0.228. The van der Waals surface area contributed by atoms with Gasteiger partial charge < -0.3 is 0 Å². The highest BCUT2D eigenvalue weighted by Crippen LogP contribution is 2.46. The minimum Gasteiger partial charge on any atom is -0.0868 e. The Morgan fingerprint density at radius 2 is 0.605 bits per heavy atom. The second-order valence-corrected chi connectivity index (χ2v) is 11.8. The van der Waals surface area contributed by atoms with Crippen LogP contribution in [-0.4, -0.2) is 0 Å². The van der Waals surface area contributed by atoms with Gasteiger partial charge >= 0.3 is 0 Å². The molecule has 38 heavy (non-hydrogen) atoms. The Bertz CT molecular complexity index is 1300. The van der Waals surface area contributed by atoms with E-state index in [0.29, 0.717) is 10.1 Å². The van der Waals surface area contributed by atoms with Crippen LogP contribution in [-0.2, 0) is 0 Å². The summed E-state index contributed by atoms with van der Waals surface area (Å²) < 4.78 is 0. The number of aryl methyl sites for hydroxylation is 8. The van der Waals surface area contributed by atoms with Gasteiger partial charge in [0.15, 0.2) is 0 Å². The van der Waals surface area contributed by atoms with Crippen LogP contribution in [0.25, 0.3) is 0 Å². The maximum absolute atomic E-state index is 7.50. The molecule has 0 unspecified atom stereocenters. The smallest absolute Gasteiger partial charge is 0.0464 e. The molecule has 0 saturated carbocycles. The number of allylic oxidation sites excluding steroid dienone is 2. The first kappa shape index (κ1) is 28.2. The number of benzene rings is 4. The highest BCUT2D eigenvalue weighted by Gasteiger charge is 2.30. The van der Waals surface area contributed by atoms with E-state index in [2.05, 4.69) is 128 Å². The minimum absolute atomic E-state index is 0.163. The van der Waals surface area contributed by atoms with Crippen molar-refractivity contribution in [3.05, 3.63) is 150 Å². The van der Waals surface area contributed by atoms with Crippen molar-refractivity contribution >= 4 is 23.2 Å². The summed E-state index contributed by atoms with van der Waals surface area (Å²) in [6.07, 6.45) is 0. The summed E-state index contributed by atoms with van der Waals surface area (Å²) in [4.78, 5) is 0. The van der Waals surface area contributed by atoms with Crippen molar-refractivity contribution in [2.45, 2.75) is 67.2 Å². The van der Waals surface area contributed by atoms with E-state index in [1.807, 2.05) is 0 Å². The van der Waals surface area contributed by atoms with Gasteiger partial charge in [-0.2, -0.15) is 0 Å². The molecule has 0 fully saturated rings. The zero-order valence-corrected chi connectivity index (χ0v) is 25.4. The fraction of sp³-hybridized carbons (Fsp3) is 0.278. The van der Waals surface area contributed by atoms with Crippen LogP contribution < -0.4 is 0 Å². The third kappa shape index (κ3) is 5.78. The minimum atomic E-state index is -0.163. The maximum Gasteiger partial charge on any atom is 0.0464 e. The highest BCUT2D eigenvalue weighted by molar-refractivity contribution is 6.40. The molecule has 0 atom stereocenters. The SMILES string of the molecule is Cc1ccc(C(/C(Cl)=C(\Cl)C(c2ccc(C)cc2C)c2ccc(C)cc2C)c2ccc(C)cc2C)c(C)c1. The van der Waals surface area contributed by atoms with E-state index in [4.69, 9.17) is 23.2 Å². The van der Waals surface area contributed by atoms with Gasteiger partial charge in [-0.3, -0.25) is 0 Å². The fourth-order valence-electron chi connectivity index (χ4n) is 5.76. The van der Waals surface area contributed by atoms with Gasteiger partial charge in [0.2, 0.25) is 0 Å². The van der Waals surface area contributed by atoms with E-state index in [1.54, 1.807) is 0 Å². The summed E-state index contributed by atoms with van der Waals surface area (Å²) in [6.45, 7) is 17.2. The van der Waals surface area contributed by atoms with E-state index in [1.165, 1.54) is 66.8 Å². The lowest BCUT2D eigenvalue weighted by Crippen LogP contribution is -2.12. The van der Waals surface area contributed by atoms with Crippen LogP contribution in [0.15, 0.2) is 82.9 Å². The Morgan fingerprint density at radius 1 is 0.395 bits per heavy atom. The molecule has 0 amide bonds. The summed E-state index contributed by atoms with van der Waals surface area (Å²) in [7, 11) is 0.